The van der Waals surface area contributed by atoms with E-state index in [1.165, 1.54) is 22.3 Å². The van der Waals surface area contributed by atoms with Crippen molar-refractivity contribution in [1.29, 1.82) is 0 Å². The van der Waals surface area contributed by atoms with Crippen molar-refractivity contribution < 1.29 is 9.53 Å². The molecule has 33 heavy (non-hydrogen) atoms. The lowest BCUT2D eigenvalue weighted by molar-refractivity contribution is 0.142. The highest BCUT2D eigenvalue weighted by Crippen LogP contribution is 2.44. The van der Waals surface area contributed by atoms with Crippen LogP contribution in [0.2, 0.25) is 0 Å². The molecule has 1 fully saturated rings. The number of carbonyl (C=O) groups excluding carboxylic acids is 1. The Bertz CT molecular complexity index is 1130. The minimum Gasteiger partial charge on any atom is -0.449 e. The van der Waals surface area contributed by atoms with Crippen LogP contribution in [0.25, 0.3) is 11.1 Å². The van der Waals surface area contributed by atoms with Gasteiger partial charge in [-0.2, -0.15) is 0 Å². The number of benzene rings is 3. The molecule has 2 aliphatic rings. The van der Waals surface area contributed by atoms with Gasteiger partial charge in [0, 0.05) is 49.2 Å². The monoisotopic (exact) mass is 459 g/mol. The normalized spacial score (nSPS) is 15.2. The van der Waals surface area contributed by atoms with Gasteiger partial charge in [0.25, 0.3) is 0 Å². The van der Waals surface area contributed by atoms with Crippen LogP contribution >= 0.6 is 12.6 Å². The third kappa shape index (κ3) is 4.45. The first-order valence-corrected chi connectivity index (χ1v) is 11.9. The second-order valence-electron chi connectivity index (χ2n) is 8.67. The number of fused-ring (bicyclic) bond motifs is 3. The first kappa shape index (κ1) is 21.9. The molecule has 0 aromatic heterocycles. The molecule has 1 aliphatic heterocycles. The van der Waals surface area contributed by atoms with Crippen LogP contribution in [-0.2, 0) is 11.3 Å². The summed E-state index contributed by atoms with van der Waals surface area (Å²) in [6, 6.07) is 21.0. The summed E-state index contributed by atoms with van der Waals surface area (Å²) in [5.41, 5.74) is 8.17. The van der Waals surface area contributed by atoms with Crippen LogP contribution in [0.5, 0.6) is 0 Å². The standard InChI is InChI=1S/C27H29N3O2S/c1-18-19(14-20(15-26(18)33)30-12-10-28-11-13-30)16-29-27(31)32-17-25-23-8-4-2-6-21(23)22-7-3-5-9-24(22)25/h2-9,14-15,25,28,33H,10-13,16-17H2,1H3,(H,29,31). The third-order valence-electron chi connectivity index (χ3n) is 6.72. The Labute approximate surface area is 200 Å². The molecule has 5 rings (SSSR count). The number of piperazine rings is 1. The van der Waals surface area contributed by atoms with E-state index < -0.39 is 6.09 Å². The zero-order valence-corrected chi connectivity index (χ0v) is 19.7. The number of rotatable bonds is 5. The van der Waals surface area contributed by atoms with Gasteiger partial charge in [-0.05, 0) is 52.4 Å². The summed E-state index contributed by atoms with van der Waals surface area (Å²) in [5, 5.41) is 6.32. The van der Waals surface area contributed by atoms with Crippen molar-refractivity contribution in [2.45, 2.75) is 24.3 Å². The van der Waals surface area contributed by atoms with E-state index in [2.05, 4.69) is 76.7 Å². The molecule has 1 amide bonds. The van der Waals surface area contributed by atoms with Crippen molar-refractivity contribution >= 4 is 24.4 Å². The largest absolute Gasteiger partial charge is 0.449 e. The summed E-state index contributed by atoms with van der Waals surface area (Å²) in [7, 11) is 0. The van der Waals surface area contributed by atoms with Crippen LogP contribution in [0, 0.1) is 6.92 Å². The van der Waals surface area contributed by atoms with Crippen LogP contribution in [0.1, 0.15) is 28.2 Å². The maximum absolute atomic E-state index is 12.6. The van der Waals surface area contributed by atoms with E-state index in [4.69, 9.17) is 4.74 Å². The topological polar surface area (TPSA) is 53.6 Å². The smallest absolute Gasteiger partial charge is 0.407 e. The lowest BCUT2D eigenvalue weighted by atomic mass is 9.98. The Morgan fingerprint density at radius 2 is 1.70 bits per heavy atom. The van der Waals surface area contributed by atoms with Gasteiger partial charge in [0.2, 0.25) is 0 Å². The van der Waals surface area contributed by atoms with Crippen LogP contribution in [0.4, 0.5) is 10.5 Å². The van der Waals surface area contributed by atoms with Crippen LogP contribution in [-0.4, -0.2) is 38.9 Å². The van der Waals surface area contributed by atoms with Crippen LogP contribution < -0.4 is 15.5 Å². The summed E-state index contributed by atoms with van der Waals surface area (Å²) in [4.78, 5) is 15.9. The average Bonchev–Trinajstić information content (AvgIpc) is 3.18. The fraction of sp³-hybridized carbons (Fsp3) is 0.296. The van der Waals surface area contributed by atoms with E-state index in [0.717, 1.165) is 47.9 Å². The van der Waals surface area contributed by atoms with Gasteiger partial charge in [-0.3, -0.25) is 0 Å². The predicted octanol–water partition coefficient (Wildman–Crippen LogP) is 4.73. The molecular formula is C27H29N3O2S. The molecule has 0 bridgehead atoms. The van der Waals surface area contributed by atoms with E-state index in [1.807, 2.05) is 19.1 Å². The Hall–Kier alpha value is -2.96. The molecule has 0 radical (unpaired) electrons. The van der Waals surface area contributed by atoms with Gasteiger partial charge >= 0.3 is 6.09 Å². The van der Waals surface area contributed by atoms with Gasteiger partial charge in [-0.25, -0.2) is 4.79 Å². The molecule has 170 valence electrons. The number of anilines is 1. The molecule has 2 N–H and O–H groups in total. The minimum atomic E-state index is -0.399. The van der Waals surface area contributed by atoms with Crippen molar-refractivity contribution in [3.05, 3.63) is 82.9 Å². The van der Waals surface area contributed by atoms with Crippen molar-refractivity contribution in [2.24, 2.45) is 0 Å². The lowest BCUT2D eigenvalue weighted by Gasteiger charge is -2.30. The number of hydrogen-bond donors (Lipinski definition) is 3. The molecule has 3 aromatic rings. The Balaban J connectivity index is 1.24. The maximum Gasteiger partial charge on any atom is 0.407 e. The molecule has 6 heteroatoms. The maximum atomic E-state index is 12.6. The summed E-state index contributed by atoms with van der Waals surface area (Å²) >= 11 is 4.67. The number of nitrogens with zero attached hydrogens (tertiary/aromatic N) is 1. The summed E-state index contributed by atoms with van der Waals surface area (Å²) in [6.45, 7) is 6.66. The fourth-order valence-corrected chi connectivity index (χ4v) is 5.12. The number of hydrogen-bond acceptors (Lipinski definition) is 5. The predicted molar refractivity (Wildman–Crippen MR) is 135 cm³/mol. The van der Waals surface area contributed by atoms with Crippen molar-refractivity contribution in [2.75, 3.05) is 37.7 Å². The molecule has 0 unspecified atom stereocenters. The van der Waals surface area contributed by atoms with E-state index in [-0.39, 0.29) is 5.92 Å². The molecule has 0 spiro atoms. The number of ether oxygens (including phenoxy) is 1. The highest BCUT2D eigenvalue weighted by Gasteiger charge is 2.29. The Morgan fingerprint density at radius 3 is 2.36 bits per heavy atom. The first-order chi connectivity index (χ1) is 16.1. The molecule has 5 nitrogen and oxygen atoms in total. The van der Waals surface area contributed by atoms with Crippen molar-refractivity contribution in [3.8, 4) is 11.1 Å². The number of carbonyl (C=O) groups is 1. The quantitative estimate of drug-likeness (QED) is 0.483. The molecule has 0 atom stereocenters. The van der Waals surface area contributed by atoms with E-state index >= 15 is 0 Å². The van der Waals surface area contributed by atoms with Gasteiger partial charge in [0.05, 0.1) is 0 Å². The van der Waals surface area contributed by atoms with Gasteiger partial charge < -0.3 is 20.3 Å². The second-order valence-corrected chi connectivity index (χ2v) is 9.15. The number of alkyl carbamates (subject to hydrolysis) is 1. The van der Waals surface area contributed by atoms with E-state index in [1.54, 1.807) is 0 Å². The molecule has 1 saturated heterocycles. The van der Waals surface area contributed by atoms with Gasteiger partial charge in [-0.1, -0.05) is 48.5 Å². The minimum absolute atomic E-state index is 0.0602. The number of amides is 1. The summed E-state index contributed by atoms with van der Waals surface area (Å²) in [6.07, 6.45) is -0.399. The highest BCUT2D eigenvalue weighted by atomic mass is 32.1. The van der Waals surface area contributed by atoms with Crippen LogP contribution in [0.15, 0.2) is 65.6 Å². The fourth-order valence-electron chi connectivity index (χ4n) is 4.85. The zero-order chi connectivity index (χ0) is 22.8. The molecule has 3 aromatic carbocycles. The van der Waals surface area contributed by atoms with Gasteiger partial charge in [0.1, 0.15) is 6.61 Å². The van der Waals surface area contributed by atoms with Gasteiger partial charge in [0.15, 0.2) is 0 Å². The summed E-state index contributed by atoms with van der Waals surface area (Å²) < 4.78 is 5.69. The third-order valence-corrected chi connectivity index (χ3v) is 7.19. The SMILES string of the molecule is Cc1c(S)cc(N2CCNCC2)cc1CNC(=O)OCC1c2ccccc2-c2ccccc21. The number of thiol groups is 1. The molecule has 1 heterocycles. The summed E-state index contributed by atoms with van der Waals surface area (Å²) in [5.74, 6) is 0.0602. The van der Waals surface area contributed by atoms with E-state index in [0.29, 0.717) is 13.2 Å². The van der Waals surface area contributed by atoms with Crippen molar-refractivity contribution in [3.63, 3.8) is 0 Å². The first-order valence-electron chi connectivity index (χ1n) is 11.5. The molecular weight excluding hydrogens is 430 g/mol. The highest BCUT2D eigenvalue weighted by molar-refractivity contribution is 7.80. The van der Waals surface area contributed by atoms with E-state index in [9.17, 15) is 4.79 Å². The zero-order valence-electron chi connectivity index (χ0n) is 18.8. The number of nitrogens with one attached hydrogen (secondary N) is 2. The Kier molecular flexibility index (Phi) is 6.29. The van der Waals surface area contributed by atoms with Crippen LogP contribution in [0.3, 0.4) is 0 Å². The lowest BCUT2D eigenvalue weighted by Crippen LogP contribution is -2.43. The molecule has 0 saturated carbocycles. The Morgan fingerprint density at radius 1 is 1.06 bits per heavy atom. The average molecular weight is 460 g/mol. The van der Waals surface area contributed by atoms with Gasteiger partial charge in [-0.15, -0.1) is 12.6 Å². The molecule has 1 aliphatic carbocycles. The van der Waals surface area contributed by atoms with Crippen molar-refractivity contribution in [1.82, 2.24) is 10.6 Å². The second kappa shape index (κ2) is 9.49.